The van der Waals surface area contributed by atoms with Crippen molar-refractivity contribution < 1.29 is 9.57 Å². The molecule has 1 saturated heterocycles. The molecule has 126 valence electrons. The van der Waals surface area contributed by atoms with Gasteiger partial charge in [-0.1, -0.05) is 47.6 Å². The van der Waals surface area contributed by atoms with E-state index in [2.05, 4.69) is 10.5 Å². The van der Waals surface area contributed by atoms with Crippen molar-refractivity contribution in [1.29, 1.82) is 0 Å². The van der Waals surface area contributed by atoms with E-state index in [0.717, 1.165) is 35.7 Å². The van der Waals surface area contributed by atoms with Crippen molar-refractivity contribution in [3.05, 3.63) is 65.7 Å². The Labute approximate surface area is 142 Å². The van der Waals surface area contributed by atoms with Gasteiger partial charge in [-0.2, -0.15) is 0 Å². The number of hydrogen-bond acceptors (Lipinski definition) is 5. The van der Waals surface area contributed by atoms with Crippen molar-refractivity contribution >= 4 is 5.71 Å². The number of ether oxygens (including phenoxy) is 1. The standard InChI is InChI=1S/C19H23N3O2/c20-10-17-11-21-12-19(17)22-24-14-16-6-8-18(9-7-16)23-13-15-4-2-1-3-5-15/h1-9,17,21H,10-14,20H2/b22-19+. The highest BCUT2D eigenvalue weighted by atomic mass is 16.6. The first-order valence-corrected chi connectivity index (χ1v) is 8.20. The van der Waals surface area contributed by atoms with E-state index in [0.29, 0.717) is 25.7 Å². The third-order valence-corrected chi connectivity index (χ3v) is 4.04. The topological polar surface area (TPSA) is 68.9 Å². The zero-order valence-electron chi connectivity index (χ0n) is 13.7. The highest BCUT2D eigenvalue weighted by Crippen LogP contribution is 2.15. The summed E-state index contributed by atoms with van der Waals surface area (Å²) in [6, 6.07) is 18.0. The van der Waals surface area contributed by atoms with Crippen LogP contribution in [-0.4, -0.2) is 25.3 Å². The van der Waals surface area contributed by atoms with Gasteiger partial charge >= 0.3 is 0 Å². The lowest BCUT2D eigenvalue weighted by molar-refractivity contribution is 0.129. The lowest BCUT2D eigenvalue weighted by Crippen LogP contribution is -2.22. The number of hydrogen-bond donors (Lipinski definition) is 2. The Morgan fingerprint density at radius 2 is 1.75 bits per heavy atom. The Kier molecular flexibility index (Phi) is 5.82. The molecule has 3 N–H and O–H groups in total. The van der Waals surface area contributed by atoms with Gasteiger partial charge in [0.2, 0.25) is 0 Å². The van der Waals surface area contributed by atoms with Crippen LogP contribution in [0.25, 0.3) is 0 Å². The maximum Gasteiger partial charge on any atom is 0.142 e. The van der Waals surface area contributed by atoms with Gasteiger partial charge in [-0.05, 0) is 23.3 Å². The summed E-state index contributed by atoms with van der Waals surface area (Å²) in [4.78, 5) is 5.46. The molecule has 24 heavy (non-hydrogen) atoms. The molecule has 3 rings (SSSR count). The number of nitrogens with two attached hydrogens (primary N) is 1. The lowest BCUT2D eigenvalue weighted by Gasteiger charge is -2.08. The van der Waals surface area contributed by atoms with E-state index in [1.807, 2.05) is 54.6 Å². The molecule has 2 aromatic carbocycles. The van der Waals surface area contributed by atoms with Crippen LogP contribution in [0.4, 0.5) is 0 Å². The van der Waals surface area contributed by atoms with Gasteiger partial charge in [-0.3, -0.25) is 0 Å². The van der Waals surface area contributed by atoms with Crippen molar-refractivity contribution in [2.45, 2.75) is 13.2 Å². The number of nitrogens with one attached hydrogen (secondary N) is 1. The summed E-state index contributed by atoms with van der Waals surface area (Å²) >= 11 is 0. The molecule has 1 unspecified atom stereocenters. The number of benzene rings is 2. The van der Waals surface area contributed by atoms with Gasteiger partial charge in [-0.15, -0.1) is 0 Å². The van der Waals surface area contributed by atoms with Crippen LogP contribution in [0.5, 0.6) is 5.75 Å². The molecular weight excluding hydrogens is 302 g/mol. The van der Waals surface area contributed by atoms with E-state index in [1.54, 1.807) is 0 Å². The van der Waals surface area contributed by atoms with Gasteiger partial charge in [0.15, 0.2) is 0 Å². The van der Waals surface area contributed by atoms with Crippen LogP contribution in [-0.2, 0) is 18.1 Å². The summed E-state index contributed by atoms with van der Waals surface area (Å²) in [7, 11) is 0. The van der Waals surface area contributed by atoms with Gasteiger partial charge < -0.3 is 20.6 Å². The molecule has 5 nitrogen and oxygen atoms in total. The van der Waals surface area contributed by atoms with E-state index < -0.39 is 0 Å². The molecule has 0 amide bonds. The zero-order chi connectivity index (χ0) is 16.6. The van der Waals surface area contributed by atoms with Crippen molar-refractivity contribution in [2.75, 3.05) is 19.6 Å². The summed E-state index contributed by atoms with van der Waals surface area (Å²) in [6.07, 6.45) is 0. The van der Waals surface area contributed by atoms with E-state index >= 15 is 0 Å². The molecule has 1 aliphatic heterocycles. The summed E-state index contributed by atoms with van der Waals surface area (Å²) in [5.74, 6) is 1.14. The van der Waals surface area contributed by atoms with E-state index in [9.17, 15) is 0 Å². The first kappa shape index (κ1) is 16.5. The minimum absolute atomic E-state index is 0.291. The fourth-order valence-electron chi connectivity index (χ4n) is 2.58. The van der Waals surface area contributed by atoms with Crippen molar-refractivity contribution in [1.82, 2.24) is 5.32 Å². The van der Waals surface area contributed by atoms with Crippen LogP contribution in [0.15, 0.2) is 59.8 Å². The Morgan fingerprint density at radius 3 is 2.50 bits per heavy atom. The van der Waals surface area contributed by atoms with Gasteiger partial charge in [0.05, 0.1) is 5.71 Å². The molecule has 5 heteroatoms. The van der Waals surface area contributed by atoms with Crippen LogP contribution in [0.1, 0.15) is 11.1 Å². The smallest absolute Gasteiger partial charge is 0.142 e. The molecule has 1 atom stereocenters. The minimum atomic E-state index is 0.291. The van der Waals surface area contributed by atoms with Crippen LogP contribution in [0.3, 0.4) is 0 Å². The second-order valence-corrected chi connectivity index (χ2v) is 5.84. The lowest BCUT2D eigenvalue weighted by atomic mass is 10.1. The fourth-order valence-corrected chi connectivity index (χ4v) is 2.58. The molecule has 1 aliphatic rings. The van der Waals surface area contributed by atoms with Gasteiger partial charge in [0.1, 0.15) is 19.0 Å². The number of nitrogens with zero attached hydrogens (tertiary/aromatic N) is 1. The van der Waals surface area contributed by atoms with Crippen LogP contribution < -0.4 is 15.8 Å². The largest absolute Gasteiger partial charge is 0.489 e. The van der Waals surface area contributed by atoms with E-state index in [1.165, 1.54) is 0 Å². The first-order valence-electron chi connectivity index (χ1n) is 8.20. The van der Waals surface area contributed by atoms with Gasteiger partial charge in [-0.25, -0.2) is 0 Å². The van der Waals surface area contributed by atoms with Gasteiger partial charge in [0.25, 0.3) is 0 Å². The summed E-state index contributed by atoms with van der Waals surface area (Å²) in [5.41, 5.74) is 8.91. The molecule has 2 aromatic rings. The molecule has 0 radical (unpaired) electrons. The van der Waals surface area contributed by atoms with E-state index in [4.69, 9.17) is 15.3 Å². The zero-order valence-corrected chi connectivity index (χ0v) is 13.7. The summed E-state index contributed by atoms with van der Waals surface area (Å²) in [6.45, 7) is 3.25. The van der Waals surface area contributed by atoms with Crippen molar-refractivity contribution in [3.63, 3.8) is 0 Å². The molecule has 0 bridgehead atoms. The first-order chi connectivity index (χ1) is 11.8. The van der Waals surface area contributed by atoms with Crippen LogP contribution in [0.2, 0.25) is 0 Å². The molecule has 0 aromatic heterocycles. The van der Waals surface area contributed by atoms with Crippen molar-refractivity contribution in [3.8, 4) is 5.75 Å². The Morgan fingerprint density at radius 1 is 1.00 bits per heavy atom. The van der Waals surface area contributed by atoms with Crippen molar-refractivity contribution in [2.24, 2.45) is 16.8 Å². The van der Waals surface area contributed by atoms with Crippen LogP contribution in [0, 0.1) is 5.92 Å². The van der Waals surface area contributed by atoms with Gasteiger partial charge in [0, 0.05) is 25.6 Å². The number of oxime groups is 1. The number of rotatable bonds is 7. The summed E-state index contributed by atoms with van der Waals surface area (Å²) in [5, 5.41) is 7.46. The van der Waals surface area contributed by atoms with Crippen LogP contribution >= 0.6 is 0 Å². The predicted octanol–water partition coefficient (Wildman–Crippen LogP) is 2.32. The molecule has 0 spiro atoms. The highest BCUT2D eigenvalue weighted by molar-refractivity contribution is 5.90. The maximum atomic E-state index is 5.77. The highest BCUT2D eigenvalue weighted by Gasteiger charge is 2.21. The predicted molar refractivity (Wildman–Crippen MR) is 94.9 cm³/mol. The molecule has 1 fully saturated rings. The molecule has 0 aliphatic carbocycles. The maximum absolute atomic E-state index is 5.77. The SMILES string of the molecule is NCC1CNC/C1=N\OCc1ccc(OCc2ccccc2)cc1. The molecule has 0 saturated carbocycles. The molecule has 1 heterocycles. The second kappa shape index (κ2) is 8.47. The molecular formula is C19H23N3O2. The quantitative estimate of drug-likeness (QED) is 0.767. The normalized spacial score (nSPS) is 18.7. The summed E-state index contributed by atoms with van der Waals surface area (Å²) < 4.78 is 5.77. The van der Waals surface area contributed by atoms with E-state index in [-0.39, 0.29) is 0 Å². The minimum Gasteiger partial charge on any atom is -0.489 e. The third kappa shape index (κ3) is 4.57. The Bertz CT molecular complexity index is 656. The Hall–Kier alpha value is -2.37. The monoisotopic (exact) mass is 325 g/mol. The fraction of sp³-hybridized carbons (Fsp3) is 0.316. The average Bonchev–Trinajstić information content (AvgIpc) is 3.09. The Balaban J connectivity index is 1.47. The average molecular weight is 325 g/mol. The second-order valence-electron chi connectivity index (χ2n) is 5.84. The third-order valence-electron chi connectivity index (χ3n) is 4.04.